The molecular weight excluding hydrogens is 256 g/mol. The number of halogens is 1. The molecule has 0 aromatic rings. The number of guanidine groups is 1. The summed E-state index contributed by atoms with van der Waals surface area (Å²) in [6, 6.07) is 0. The fourth-order valence-electron chi connectivity index (χ4n) is 1.35. The Balaban J connectivity index is 0.00000256. The minimum Gasteiger partial charge on any atom is -0.394 e. The third-order valence-electron chi connectivity index (χ3n) is 2.21. The zero-order chi connectivity index (χ0) is 12.3. The van der Waals surface area contributed by atoms with Crippen LogP contribution in [0.25, 0.3) is 0 Å². The number of hydrogen-bond donors (Lipinski definition) is 7. The highest BCUT2D eigenvalue weighted by Crippen LogP contribution is 2.19. The van der Waals surface area contributed by atoms with Crippen molar-refractivity contribution in [3.05, 3.63) is 0 Å². The van der Waals surface area contributed by atoms with Crippen molar-refractivity contribution in [2.45, 2.75) is 30.6 Å². The number of nitrogens with one attached hydrogen (secondary N) is 1. The first-order chi connectivity index (χ1) is 7.47. The smallest absolute Gasteiger partial charge is 0.208 e. The van der Waals surface area contributed by atoms with E-state index in [1.165, 1.54) is 0 Å². The molecule has 0 amide bonds. The Morgan fingerprint density at radius 1 is 1.18 bits per heavy atom. The zero-order valence-corrected chi connectivity index (χ0v) is 9.62. The summed E-state index contributed by atoms with van der Waals surface area (Å²) in [5.74, 6) is -0.281. The van der Waals surface area contributed by atoms with Gasteiger partial charge in [-0.05, 0) is 0 Å². The molecule has 9 N–H and O–H groups in total. The maximum atomic E-state index is 9.50. The molecule has 1 aliphatic heterocycles. The van der Waals surface area contributed by atoms with Gasteiger partial charge >= 0.3 is 0 Å². The minimum absolute atomic E-state index is 0. The number of rotatable bonds is 3. The molecule has 10 heteroatoms. The summed E-state index contributed by atoms with van der Waals surface area (Å²) in [5, 5.41) is 40.6. The predicted octanol–water partition coefficient (Wildman–Crippen LogP) is -4.01. The van der Waals surface area contributed by atoms with Crippen LogP contribution in [0.3, 0.4) is 0 Å². The van der Waals surface area contributed by atoms with Crippen LogP contribution in [0, 0.1) is 0 Å². The summed E-state index contributed by atoms with van der Waals surface area (Å²) in [5.41, 5.74) is 12.4. The van der Waals surface area contributed by atoms with Crippen molar-refractivity contribution >= 4 is 18.4 Å². The normalized spacial score (nSPS) is 36.8. The molecular formula is C7H17ClN4O5. The fourth-order valence-corrected chi connectivity index (χ4v) is 1.35. The molecule has 0 bridgehead atoms. The van der Waals surface area contributed by atoms with E-state index in [1.54, 1.807) is 0 Å². The van der Waals surface area contributed by atoms with Gasteiger partial charge in [-0.3, -0.25) is 5.43 Å². The van der Waals surface area contributed by atoms with E-state index in [9.17, 15) is 15.3 Å². The van der Waals surface area contributed by atoms with Crippen molar-refractivity contribution < 1.29 is 25.2 Å². The largest absolute Gasteiger partial charge is 0.394 e. The zero-order valence-electron chi connectivity index (χ0n) is 8.80. The number of nitrogens with zero attached hydrogens (tertiary/aromatic N) is 1. The van der Waals surface area contributed by atoms with Gasteiger partial charge in [0.2, 0.25) is 5.96 Å². The summed E-state index contributed by atoms with van der Waals surface area (Å²) in [4.78, 5) is 0. The molecule has 1 saturated heterocycles. The van der Waals surface area contributed by atoms with Crippen molar-refractivity contribution in [1.29, 1.82) is 0 Å². The van der Waals surface area contributed by atoms with Gasteiger partial charge in [-0.25, -0.2) is 0 Å². The Hall–Kier alpha value is -0.840. The van der Waals surface area contributed by atoms with Gasteiger partial charge in [-0.2, -0.15) is 0 Å². The van der Waals surface area contributed by atoms with Gasteiger partial charge in [-0.1, -0.05) is 0 Å². The van der Waals surface area contributed by atoms with E-state index in [4.69, 9.17) is 21.3 Å². The minimum atomic E-state index is -1.46. The van der Waals surface area contributed by atoms with Gasteiger partial charge in [0.25, 0.3) is 0 Å². The van der Waals surface area contributed by atoms with E-state index in [2.05, 4.69) is 10.5 Å². The van der Waals surface area contributed by atoms with Crippen molar-refractivity contribution in [3.63, 3.8) is 0 Å². The van der Waals surface area contributed by atoms with Crippen LogP contribution in [0.15, 0.2) is 5.10 Å². The molecule has 1 fully saturated rings. The van der Waals surface area contributed by atoms with Crippen LogP contribution in [0.5, 0.6) is 0 Å². The molecule has 0 aliphatic carbocycles. The summed E-state index contributed by atoms with van der Waals surface area (Å²) in [6.45, 7) is -0.509. The Morgan fingerprint density at radius 2 is 1.76 bits per heavy atom. The third kappa shape index (κ3) is 3.84. The monoisotopic (exact) mass is 272 g/mol. The Kier molecular flexibility index (Phi) is 6.45. The molecule has 9 nitrogen and oxygen atoms in total. The van der Waals surface area contributed by atoms with Crippen molar-refractivity contribution in [2.24, 2.45) is 16.6 Å². The lowest BCUT2D eigenvalue weighted by molar-refractivity contribution is -0.236. The average molecular weight is 273 g/mol. The highest BCUT2D eigenvalue weighted by atomic mass is 35.5. The lowest BCUT2D eigenvalue weighted by Crippen LogP contribution is -2.61. The Bertz CT molecular complexity index is 263. The third-order valence-corrected chi connectivity index (χ3v) is 2.21. The van der Waals surface area contributed by atoms with Crippen LogP contribution in [-0.4, -0.2) is 63.6 Å². The van der Waals surface area contributed by atoms with Gasteiger partial charge < -0.3 is 36.6 Å². The molecule has 0 saturated carbocycles. The van der Waals surface area contributed by atoms with E-state index < -0.39 is 37.3 Å². The second-order valence-corrected chi connectivity index (χ2v) is 3.42. The molecule has 1 heterocycles. The summed E-state index contributed by atoms with van der Waals surface area (Å²) in [7, 11) is 0. The first kappa shape index (κ1) is 16.2. The maximum Gasteiger partial charge on any atom is 0.208 e. The van der Waals surface area contributed by atoms with E-state index in [-0.39, 0.29) is 18.4 Å². The molecule has 0 aromatic heterocycles. The highest BCUT2D eigenvalue weighted by molar-refractivity contribution is 5.85. The molecule has 0 radical (unpaired) electrons. The summed E-state index contributed by atoms with van der Waals surface area (Å²) >= 11 is 0. The average Bonchev–Trinajstić information content (AvgIpc) is 2.25. The Labute approximate surface area is 103 Å². The molecule has 0 spiro atoms. The van der Waals surface area contributed by atoms with E-state index in [1.807, 2.05) is 0 Å². The fraction of sp³-hybridized carbons (Fsp3) is 0.857. The number of aliphatic hydroxyl groups is 4. The van der Waals surface area contributed by atoms with E-state index in [0.29, 0.717) is 0 Å². The number of aliphatic hydroxyl groups excluding tert-OH is 4. The van der Waals surface area contributed by atoms with Gasteiger partial charge in [0.15, 0.2) is 6.23 Å². The summed E-state index contributed by atoms with van der Waals surface area (Å²) < 4.78 is 5.04. The molecule has 5 atom stereocenters. The first-order valence-electron chi connectivity index (χ1n) is 4.62. The maximum absolute atomic E-state index is 9.50. The number of hydrogen-bond acceptors (Lipinski definition) is 7. The molecule has 102 valence electrons. The first-order valence-corrected chi connectivity index (χ1v) is 4.62. The molecule has 1 rings (SSSR count). The lowest BCUT2D eigenvalue weighted by atomic mass is 9.99. The Morgan fingerprint density at radius 3 is 2.24 bits per heavy atom. The van der Waals surface area contributed by atoms with Crippen LogP contribution in [0.4, 0.5) is 0 Å². The van der Waals surface area contributed by atoms with Crippen LogP contribution in [0.1, 0.15) is 0 Å². The highest BCUT2D eigenvalue weighted by Gasteiger charge is 2.43. The number of nitrogens with two attached hydrogens (primary N) is 2. The molecule has 17 heavy (non-hydrogen) atoms. The van der Waals surface area contributed by atoms with Crippen molar-refractivity contribution in [3.8, 4) is 0 Å². The topological polar surface area (TPSA) is 167 Å². The molecule has 1 aliphatic rings. The lowest BCUT2D eigenvalue weighted by Gasteiger charge is -2.39. The molecule has 0 aromatic carbocycles. The van der Waals surface area contributed by atoms with E-state index >= 15 is 0 Å². The number of ether oxygens (including phenoxy) is 1. The van der Waals surface area contributed by atoms with Gasteiger partial charge in [0.05, 0.1) is 6.61 Å². The van der Waals surface area contributed by atoms with E-state index in [0.717, 1.165) is 0 Å². The van der Waals surface area contributed by atoms with Gasteiger partial charge in [0.1, 0.15) is 24.4 Å². The van der Waals surface area contributed by atoms with Crippen LogP contribution < -0.4 is 16.9 Å². The second kappa shape index (κ2) is 6.79. The number of hydrazone groups is 1. The predicted molar refractivity (Wildman–Crippen MR) is 60.0 cm³/mol. The molecule has 5 unspecified atom stereocenters. The summed E-state index contributed by atoms with van der Waals surface area (Å²) in [6.07, 6.45) is -6.39. The van der Waals surface area contributed by atoms with Gasteiger partial charge in [0, 0.05) is 0 Å². The van der Waals surface area contributed by atoms with Gasteiger partial charge in [-0.15, -0.1) is 17.5 Å². The second-order valence-electron chi connectivity index (χ2n) is 3.42. The van der Waals surface area contributed by atoms with Crippen LogP contribution in [0.2, 0.25) is 0 Å². The van der Waals surface area contributed by atoms with Crippen LogP contribution in [-0.2, 0) is 4.74 Å². The SMILES string of the molecule is Cl.NC(N)=NNC1OC(CO)C(O)C(O)C1O. The standard InChI is InChI=1S/C7H16N4O5.ClH/c8-7(9)11-10-6-5(15)4(14)3(13)2(1-12)16-6;/h2-6,10,12-15H,1H2,(H4,8,9,11);1H. The van der Waals surface area contributed by atoms with Crippen LogP contribution >= 0.6 is 12.4 Å². The van der Waals surface area contributed by atoms with Crippen molar-refractivity contribution in [2.75, 3.05) is 6.61 Å². The quantitative estimate of drug-likeness (QED) is 0.155. The van der Waals surface area contributed by atoms with Crippen molar-refractivity contribution in [1.82, 2.24) is 5.43 Å².